The van der Waals surface area contributed by atoms with Crippen LogP contribution in [-0.4, -0.2) is 31.2 Å². The molecule has 0 spiro atoms. The first-order valence-corrected chi connectivity index (χ1v) is 8.22. The summed E-state index contributed by atoms with van der Waals surface area (Å²) in [5.41, 5.74) is 0.352. The van der Waals surface area contributed by atoms with Gasteiger partial charge in [-0.3, -0.25) is 4.79 Å². The molecule has 1 heterocycles. The standard InChI is InChI=1S/C18H25NO6/c1-11(8-13-6-7-14-15(9-13)23-10-22-14)19-17(21)25-12(2)24-16(20)18(3,4)5/h6-7,9,11-12H,8,10H2,1-5H3,(H,19,21)/t11-,12?/m1/s1. The number of alkyl carbamates (subject to hydrolysis) is 1. The fourth-order valence-corrected chi connectivity index (χ4v) is 2.21. The SMILES string of the molecule is CC(OC(=O)N[C@H](C)Cc1ccc2c(c1)OCO2)OC(=O)C(C)(C)C. The van der Waals surface area contributed by atoms with Crippen molar-refractivity contribution in [3.8, 4) is 11.5 Å². The maximum absolute atomic E-state index is 11.9. The molecule has 7 nitrogen and oxygen atoms in total. The first-order valence-electron chi connectivity index (χ1n) is 8.22. The average Bonchev–Trinajstić information content (AvgIpc) is 2.92. The molecule has 0 fully saturated rings. The van der Waals surface area contributed by atoms with Crippen molar-refractivity contribution in [2.24, 2.45) is 5.41 Å². The summed E-state index contributed by atoms with van der Waals surface area (Å²) in [7, 11) is 0. The van der Waals surface area contributed by atoms with Crippen LogP contribution in [0.15, 0.2) is 18.2 Å². The van der Waals surface area contributed by atoms with E-state index in [0.717, 1.165) is 11.3 Å². The predicted molar refractivity (Wildman–Crippen MR) is 90.4 cm³/mol. The zero-order chi connectivity index (χ0) is 18.6. The van der Waals surface area contributed by atoms with Crippen LogP contribution < -0.4 is 14.8 Å². The molecule has 25 heavy (non-hydrogen) atoms. The van der Waals surface area contributed by atoms with E-state index in [9.17, 15) is 9.59 Å². The lowest BCUT2D eigenvalue weighted by molar-refractivity contribution is -0.174. The summed E-state index contributed by atoms with van der Waals surface area (Å²) >= 11 is 0. The van der Waals surface area contributed by atoms with Gasteiger partial charge in [-0.05, 0) is 51.8 Å². The number of amides is 1. The Balaban J connectivity index is 1.79. The second kappa shape index (κ2) is 7.63. The fraction of sp³-hybridized carbons (Fsp3) is 0.556. The van der Waals surface area contributed by atoms with Crippen molar-refractivity contribution in [2.75, 3.05) is 6.79 Å². The van der Waals surface area contributed by atoms with Crippen LogP contribution in [0.3, 0.4) is 0 Å². The number of benzene rings is 1. The second-order valence-corrected chi connectivity index (χ2v) is 7.07. The minimum atomic E-state index is -0.954. The monoisotopic (exact) mass is 351 g/mol. The summed E-state index contributed by atoms with van der Waals surface area (Å²) in [6, 6.07) is 5.49. The van der Waals surface area contributed by atoms with E-state index in [1.165, 1.54) is 6.92 Å². The van der Waals surface area contributed by atoms with Gasteiger partial charge in [-0.25, -0.2) is 4.79 Å². The Kier molecular flexibility index (Phi) is 5.77. The number of esters is 1. The van der Waals surface area contributed by atoms with Crippen LogP contribution in [0.2, 0.25) is 0 Å². The summed E-state index contributed by atoms with van der Waals surface area (Å²) in [4.78, 5) is 23.7. The average molecular weight is 351 g/mol. The molecular formula is C18H25NO6. The van der Waals surface area contributed by atoms with Crippen molar-refractivity contribution < 1.29 is 28.5 Å². The summed E-state index contributed by atoms with van der Waals surface area (Å²) in [5, 5.41) is 2.71. The molecule has 1 amide bonds. The summed E-state index contributed by atoms with van der Waals surface area (Å²) < 4.78 is 20.7. The highest BCUT2D eigenvalue weighted by Gasteiger charge is 2.26. The lowest BCUT2D eigenvalue weighted by Gasteiger charge is -2.21. The van der Waals surface area contributed by atoms with Gasteiger partial charge in [0, 0.05) is 13.0 Å². The molecule has 1 aliphatic heterocycles. The molecule has 0 radical (unpaired) electrons. The molecule has 1 aliphatic rings. The summed E-state index contributed by atoms with van der Waals surface area (Å²) in [5.74, 6) is 0.995. The quantitative estimate of drug-likeness (QED) is 0.648. The Morgan fingerprint density at radius 3 is 2.52 bits per heavy atom. The van der Waals surface area contributed by atoms with E-state index >= 15 is 0 Å². The number of hydrogen-bond acceptors (Lipinski definition) is 6. The smallest absolute Gasteiger partial charge is 0.410 e. The van der Waals surface area contributed by atoms with Crippen LogP contribution in [0.25, 0.3) is 0 Å². The molecule has 1 N–H and O–H groups in total. The summed E-state index contributed by atoms with van der Waals surface area (Å²) in [6.45, 7) is 8.79. The molecule has 0 saturated carbocycles. The highest BCUT2D eigenvalue weighted by Crippen LogP contribution is 2.32. The van der Waals surface area contributed by atoms with Gasteiger partial charge in [0.1, 0.15) is 0 Å². The lowest BCUT2D eigenvalue weighted by atomic mass is 9.97. The van der Waals surface area contributed by atoms with Gasteiger partial charge < -0.3 is 24.3 Å². The number of ether oxygens (including phenoxy) is 4. The van der Waals surface area contributed by atoms with Crippen LogP contribution in [0, 0.1) is 5.41 Å². The van der Waals surface area contributed by atoms with Crippen molar-refractivity contribution >= 4 is 12.1 Å². The third-order valence-corrected chi connectivity index (χ3v) is 3.50. The minimum absolute atomic E-state index is 0.168. The van der Waals surface area contributed by atoms with Gasteiger partial charge in [-0.15, -0.1) is 0 Å². The zero-order valence-corrected chi connectivity index (χ0v) is 15.3. The topological polar surface area (TPSA) is 83.1 Å². The van der Waals surface area contributed by atoms with Gasteiger partial charge in [0.25, 0.3) is 0 Å². The molecule has 0 saturated heterocycles. The number of rotatable bonds is 5. The maximum atomic E-state index is 11.9. The van der Waals surface area contributed by atoms with E-state index in [1.54, 1.807) is 20.8 Å². The third-order valence-electron chi connectivity index (χ3n) is 3.50. The van der Waals surface area contributed by atoms with Gasteiger partial charge in [0.05, 0.1) is 5.41 Å². The van der Waals surface area contributed by atoms with E-state index < -0.39 is 23.8 Å². The van der Waals surface area contributed by atoms with Crippen LogP contribution >= 0.6 is 0 Å². The molecule has 138 valence electrons. The van der Waals surface area contributed by atoms with Crippen molar-refractivity contribution in [3.63, 3.8) is 0 Å². The van der Waals surface area contributed by atoms with Crippen molar-refractivity contribution in [1.29, 1.82) is 0 Å². The Labute approximate surface area is 147 Å². The van der Waals surface area contributed by atoms with Crippen molar-refractivity contribution in [1.82, 2.24) is 5.32 Å². The molecule has 1 unspecified atom stereocenters. The molecule has 2 rings (SSSR count). The number of carbonyl (C=O) groups is 2. The Bertz CT molecular complexity index is 637. The number of hydrogen-bond donors (Lipinski definition) is 1. The van der Waals surface area contributed by atoms with Crippen molar-refractivity contribution in [3.05, 3.63) is 23.8 Å². The fourth-order valence-electron chi connectivity index (χ4n) is 2.21. The molecule has 0 aliphatic carbocycles. The molecule has 0 bridgehead atoms. The molecular weight excluding hydrogens is 326 g/mol. The van der Waals surface area contributed by atoms with Crippen molar-refractivity contribution in [2.45, 2.75) is 53.4 Å². The largest absolute Gasteiger partial charge is 0.454 e. The Morgan fingerprint density at radius 2 is 1.84 bits per heavy atom. The minimum Gasteiger partial charge on any atom is -0.454 e. The number of fused-ring (bicyclic) bond motifs is 1. The van der Waals surface area contributed by atoms with E-state index in [2.05, 4.69) is 5.32 Å². The van der Waals surface area contributed by atoms with Gasteiger partial charge in [0.15, 0.2) is 11.5 Å². The lowest BCUT2D eigenvalue weighted by Crippen LogP contribution is -2.38. The van der Waals surface area contributed by atoms with Gasteiger partial charge in [-0.1, -0.05) is 6.07 Å². The highest BCUT2D eigenvalue weighted by molar-refractivity contribution is 5.75. The van der Waals surface area contributed by atoms with E-state index in [0.29, 0.717) is 12.2 Å². The molecule has 2 atom stereocenters. The molecule has 0 aromatic heterocycles. The predicted octanol–water partition coefficient (Wildman–Crippen LogP) is 3.01. The Morgan fingerprint density at radius 1 is 1.16 bits per heavy atom. The van der Waals surface area contributed by atoms with E-state index in [-0.39, 0.29) is 12.8 Å². The second-order valence-electron chi connectivity index (χ2n) is 7.07. The van der Waals surface area contributed by atoms with Gasteiger partial charge in [0.2, 0.25) is 13.1 Å². The summed E-state index contributed by atoms with van der Waals surface area (Å²) in [6.07, 6.45) is -0.992. The zero-order valence-electron chi connectivity index (χ0n) is 15.3. The Hall–Kier alpha value is -2.44. The first-order chi connectivity index (χ1) is 11.6. The molecule has 7 heteroatoms. The van der Waals surface area contributed by atoms with Crippen LogP contribution in [0.5, 0.6) is 11.5 Å². The number of carbonyl (C=O) groups excluding carboxylic acids is 2. The van der Waals surface area contributed by atoms with E-state index in [1.807, 2.05) is 25.1 Å². The molecule has 1 aromatic rings. The normalized spacial score (nSPS) is 15.2. The van der Waals surface area contributed by atoms with Gasteiger partial charge in [-0.2, -0.15) is 0 Å². The van der Waals surface area contributed by atoms with Gasteiger partial charge >= 0.3 is 12.1 Å². The van der Waals surface area contributed by atoms with Crippen LogP contribution in [0.1, 0.15) is 40.2 Å². The van der Waals surface area contributed by atoms with Crippen LogP contribution in [0.4, 0.5) is 4.79 Å². The first kappa shape index (κ1) is 18.9. The maximum Gasteiger partial charge on any atom is 0.410 e. The molecule has 1 aromatic carbocycles. The third kappa shape index (κ3) is 5.55. The van der Waals surface area contributed by atoms with Crippen LogP contribution in [-0.2, 0) is 20.7 Å². The van der Waals surface area contributed by atoms with E-state index in [4.69, 9.17) is 18.9 Å². The highest BCUT2D eigenvalue weighted by atomic mass is 16.7. The number of nitrogens with one attached hydrogen (secondary N) is 1.